The molecule has 0 heterocycles. The minimum atomic E-state index is -0.358. The third-order valence-electron chi connectivity index (χ3n) is 3.97. The van der Waals surface area contributed by atoms with Crippen LogP contribution in [0.2, 0.25) is 5.02 Å². The summed E-state index contributed by atoms with van der Waals surface area (Å²) in [4.78, 5) is 11.8. The highest BCUT2D eigenvalue weighted by Crippen LogP contribution is 2.16. The molecule has 0 atom stereocenters. The predicted octanol–water partition coefficient (Wildman–Crippen LogP) is 4.76. The van der Waals surface area contributed by atoms with Crippen LogP contribution in [-0.4, -0.2) is 18.7 Å². The van der Waals surface area contributed by atoms with E-state index in [1.807, 2.05) is 36.4 Å². The molecule has 0 radical (unpaired) electrons. The molecule has 5 nitrogen and oxygen atoms in total. The van der Waals surface area contributed by atoms with E-state index in [-0.39, 0.29) is 12.5 Å². The molecular formula is C23H21ClN2O3. The van der Waals surface area contributed by atoms with Crippen LogP contribution >= 0.6 is 11.6 Å². The van der Waals surface area contributed by atoms with Gasteiger partial charge in [0.2, 0.25) is 0 Å². The molecule has 3 rings (SSSR count). The number of nitrogens with zero attached hydrogens (tertiary/aromatic N) is 1. The number of aryl methyl sites for hydroxylation is 1. The van der Waals surface area contributed by atoms with E-state index in [0.717, 1.165) is 16.9 Å². The molecule has 3 aromatic carbocycles. The Hall–Kier alpha value is -3.31. The Kier molecular flexibility index (Phi) is 7.25. The highest BCUT2D eigenvalue weighted by Gasteiger charge is 2.02. The van der Waals surface area contributed by atoms with E-state index < -0.39 is 0 Å². The summed E-state index contributed by atoms with van der Waals surface area (Å²) in [5.41, 5.74) is 5.56. The quantitative estimate of drug-likeness (QED) is 0.432. The molecule has 3 aromatic rings. The van der Waals surface area contributed by atoms with Gasteiger partial charge in [0, 0.05) is 5.02 Å². The lowest BCUT2D eigenvalue weighted by Gasteiger charge is -2.07. The van der Waals surface area contributed by atoms with Gasteiger partial charge < -0.3 is 9.47 Å². The van der Waals surface area contributed by atoms with Gasteiger partial charge in [0.15, 0.2) is 6.61 Å². The fourth-order valence-electron chi connectivity index (χ4n) is 2.43. The highest BCUT2D eigenvalue weighted by molar-refractivity contribution is 6.30. The molecule has 0 aliphatic heterocycles. The number of hydrogen-bond donors (Lipinski definition) is 1. The molecule has 0 spiro atoms. The van der Waals surface area contributed by atoms with Crippen LogP contribution in [0.25, 0.3) is 0 Å². The number of halogens is 1. The number of carbonyl (C=O) groups excluding carboxylic acids is 1. The lowest BCUT2D eigenvalue weighted by atomic mass is 10.2. The Balaban J connectivity index is 1.46. The van der Waals surface area contributed by atoms with E-state index >= 15 is 0 Å². The summed E-state index contributed by atoms with van der Waals surface area (Å²) in [6.45, 7) is 2.40. The molecule has 6 heteroatoms. The third-order valence-corrected chi connectivity index (χ3v) is 4.22. The number of ether oxygens (including phenoxy) is 2. The maximum absolute atomic E-state index is 11.8. The molecule has 0 saturated carbocycles. The summed E-state index contributed by atoms with van der Waals surface area (Å²) in [6.07, 6.45) is 1.55. The van der Waals surface area contributed by atoms with Crippen molar-refractivity contribution in [3.05, 3.63) is 94.5 Å². The van der Waals surface area contributed by atoms with Crippen molar-refractivity contribution in [2.75, 3.05) is 6.61 Å². The van der Waals surface area contributed by atoms with Gasteiger partial charge in [0.1, 0.15) is 18.1 Å². The first-order chi connectivity index (χ1) is 14.1. The summed E-state index contributed by atoms with van der Waals surface area (Å²) in [7, 11) is 0. The highest BCUT2D eigenvalue weighted by atomic mass is 35.5. The maximum Gasteiger partial charge on any atom is 0.277 e. The first-order valence-electron chi connectivity index (χ1n) is 9.07. The van der Waals surface area contributed by atoms with Gasteiger partial charge in [0.05, 0.1) is 6.21 Å². The van der Waals surface area contributed by atoms with E-state index in [4.69, 9.17) is 21.1 Å². The summed E-state index contributed by atoms with van der Waals surface area (Å²) < 4.78 is 11.2. The van der Waals surface area contributed by atoms with Crippen LogP contribution in [0.15, 0.2) is 77.9 Å². The number of nitrogens with one attached hydrogen (secondary N) is 1. The van der Waals surface area contributed by atoms with E-state index in [0.29, 0.717) is 17.4 Å². The molecule has 148 valence electrons. The molecule has 0 unspecified atom stereocenters. The molecule has 1 amide bonds. The average molecular weight is 409 g/mol. The Bertz CT molecular complexity index is 970. The van der Waals surface area contributed by atoms with Crippen LogP contribution in [0.1, 0.15) is 16.7 Å². The van der Waals surface area contributed by atoms with Crippen molar-refractivity contribution in [1.29, 1.82) is 0 Å². The second-order valence-corrected chi connectivity index (χ2v) is 6.82. The van der Waals surface area contributed by atoms with Crippen LogP contribution in [0.3, 0.4) is 0 Å². The van der Waals surface area contributed by atoms with Gasteiger partial charge in [-0.15, -0.1) is 0 Å². The van der Waals surface area contributed by atoms with Crippen LogP contribution in [0.5, 0.6) is 11.5 Å². The predicted molar refractivity (Wildman–Crippen MR) is 115 cm³/mol. The van der Waals surface area contributed by atoms with E-state index in [1.54, 1.807) is 30.5 Å². The normalized spacial score (nSPS) is 10.7. The SMILES string of the molecule is Cc1ccc(COc2cccc(/C=N/NC(=O)COc3ccc(Cl)cc3)c2)cc1. The molecule has 0 aromatic heterocycles. The summed E-state index contributed by atoms with van der Waals surface area (Å²) in [5, 5.41) is 4.56. The first-order valence-corrected chi connectivity index (χ1v) is 9.45. The average Bonchev–Trinajstić information content (AvgIpc) is 2.73. The van der Waals surface area contributed by atoms with Crippen molar-refractivity contribution < 1.29 is 14.3 Å². The standard InChI is InChI=1S/C23H21ClN2O3/c1-17-5-7-18(8-6-17)15-28-22-4-2-3-19(13-22)14-25-26-23(27)16-29-21-11-9-20(24)10-12-21/h2-14H,15-16H2,1H3,(H,26,27)/b25-14+. The van der Waals surface area contributed by atoms with Crippen LogP contribution in [0.4, 0.5) is 0 Å². The van der Waals surface area contributed by atoms with Gasteiger partial charge in [-0.1, -0.05) is 53.6 Å². The third kappa shape index (κ3) is 6.97. The zero-order valence-electron chi connectivity index (χ0n) is 16.0. The molecule has 0 bridgehead atoms. The van der Waals surface area contributed by atoms with Crippen molar-refractivity contribution >= 4 is 23.7 Å². The smallest absolute Gasteiger partial charge is 0.277 e. The van der Waals surface area contributed by atoms with Crippen LogP contribution in [0, 0.1) is 6.92 Å². The van der Waals surface area contributed by atoms with Crippen LogP contribution in [-0.2, 0) is 11.4 Å². The van der Waals surface area contributed by atoms with Crippen molar-refractivity contribution in [2.24, 2.45) is 5.10 Å². The molecule has 0 saturated heterocycles. The Labute approximate surface area is 174 Å². The topological polar surface area (TPSA) is 59.9 Å². The van der Waals surface area contributed by atoms with E-state index in [2.05, 4.69) is 29.6 Å². The zero-order valence-corrected chi connectivity index (χ0v) is 16.7. The van der Waals surface area contributed by atoms with E-state index in [1.165, 1.54) is 5.56 Å². The monoisotopic (exact) mass is 408 g/mol. The number of hydrogen-bond acceptors (Lipinski definition) is 4. The van der Waals surface area contributed by atoms with Gasteiger partial charge in [0.25, 0.3) is 5.91 Å². The van der Waals surface area contributed by atoms with E-state index in [9.17, 15) is 4.79 Å². The van der Waals surface area contributed by atoms with Crippen molar-refractivity contribution in [3.63, 3.8) is 0 Å². The summed E-state index contributed by atoms with van der Waals surface area (Å²) >= 11 is 5.81. The van der Waals surface area contributed by atoms with Crippen molar-refractivity contribution in [1.82, 2.24) is 5.43 Å². The lowest BCUT2D eigenvalue weighted by Crippen LogP contribution is -2.24. The molecule has 0 aliphatic carbocycles. The number of rotatable bonds is 8. The summed E-state index contributed by atoms with van der Waals surface area (Å²) in [6, 6.07) is 22.5. The minimum absolute atomic E-state index is 0.140. The fourth-order valence-corrected chi connectivity index (χ4v) is 2.55. The number of carbonyl (C=O) groups is 1. The largest absolute Gasteiger partial charge is 0.489 e. The van der Waals surface area contributed by atoms with Crippen molar-refractivity contribution in [3.8, 4) is 11.5 Å². The Morgan fingerprint density at radius 2 is 1.76 bits per heavy atom. The number of benzene rings is 3. The molecule has 1 N–H and O–H groups in total. The second-order valence-electron chi connectivity index (χ2n) is 6.38. The second kappa shape index (κ2) is 10.3. The van der Waals surface area contributed by atoms with Crippen molar-refractivity contribution in [2.45, 2.75) is 13.5 Å². The molecule has 0 aliphatic rings. The van der Waals surface area contributed by atoms with Gasteiger partial charge in [-0.3, -0.25) is 4.79 Å². The van der Waals surface area contributed by atoms with Gasteiger partial charge >= 0.3 is 0 Å². The summed E-state index contributed by atoms with van der Waals surface area (Å²) in [5.74, 6) is 0.932. The zero-order chi connectivity index (χ0) is 20.5. The van der Waals surface area contributed by atoms with Gasteiger partial charge in [-0.2, -0.15) is 5.10 Å². The molecular weight excluding hydrogens is 388 g/mol. The first kappa shape index (κ1) is 20.4. The number of amides is 1. The molecule has 0 fully saturated rings. The van der Waals surface area contributed by atoms with Gasteiger partial charge in [-0.25, -0.2) is 5.43 Å². The maximum atomic E-state index is 11.8. The Morgan fingerprint density at radius 1 is 1.00 bits per heavy atom. The van der Waals surface area contributed by atoms with Gasteiger partial charge in [-0.05, 0) is 54.4 Å². The molecule has 29 heavy (non-hydrogen) atoms. The number of hydrazone groups is 1. The minimum Gasteiger partial charge on any atom is -0.489 e. The Morgan fingerprint density at radius 3 is 2.52 bits per heavy atom. The van der Waals surface area contributed by atoms with Crippen LogP contribution < -0.4 is 14.9 Å². The lowest BCUT2D eigenvalue weighted by molar-refractivity contribution is -0.123. The fraction of sp³-hybridized carbons (Fsp3) is 0.130.